The van der Waals surface area contributed by atoms with Crippen molar-refractivity contribution in [3.8, 4) is 11.1 Å². The second-order valence-electron chi connectivity index (χ2n) is 8.02. The molecule has 1 atom stereocenters. The van der Waals surface area contributed by atoms with Crippen LogP contribution in [0.4, 0.5) is 0 Å². The van der Waals surface area contributed by atoms with Gasteiger partial charge in [-0.15, -0.1) is 11.3 Å². The molecule has 0 spiro atoms. The topological polar surface area (TPSA) is 12.9 Å². The van der Waals surface area contributed by atoms with Crippen LogP contribution in [0.5, 0.6) is 0 Å². The maximum absolute atomic E-state index is 5.18. The lowest BCUT2D eigenvalue weighted by Crippen LogP contribution is -3.00. The van der Waals surface area contributed by atoms with Crippen molar-refractivity contribution in [3.63, 3.8) is 0 Å². The van der Waals surface area contributed by atoms with Crippen molar-refractivity contribution >= 4 is 21.6 Å². The lowest BCUT2D eigenvalue weighted by atomic mass is 9.81. The van der Waals surface area contributed by atoms with Gasteiger partial charge in [-0.3, -0.25) is 0 Å². The molecular formula is C23H25ClNS-. The number of aryl methyl sites for hydroxylation is 4. The molecule has 0 radical (unpaired) electrons. The highest BCUT2D eigenvalue weighted by Crippen LogP contribution is 2.45. The van der Waals surface area contributed by atoms with Crippen LogP contribution in [0.25, 0.3) is 21.3 Å². The molecule has 0 bridgehead atoms. The Morgan fingerprint density at radius 2 is 1.92 bits per heavy atom. The van der Waals surface area contributed by atoms with E-state index in [1.54, 1.807) is 16.0 Å². The molecule has 0 saturated heterocycles. The van der Waals surface area contributed by atoms with E-state index in [4.69, 9.17) is 4.98 Å². The van der Waals surface area contributed by atoms with Crippen LogP contribution in [0, 0.1) is 12.8 Å². The van der Waals surface area contributed by atoms with E-state index in [1.165, 1.54) is 71.1 Å². The average molecular weight is 383 g/mol. The highest BCUT2D eigenvalue weighted by Gasteiger charge is 2.27. The Bertz CT molecular complexity index is 972. The molecule has 2 aliphatic rings. The third-order valence-corrected chi connectivity index (χ3v) is 7.21. The Balaban J connectivity index is 0.00000168. The summed E-state index contributed by atoms with van der Waals surface area (Å²) in [5.74, 6) is 0.768. The van der Waals surface area contributed by atoms with E-state index in [9.17, 15) is 0 Å². The highest BCUT2D eigenvalue weighted by molar-refractivity contribution is 7.19. The largest absolute Gasteiger partial charge is 1.00 e. The first-order valence-corrected chi connectivity index (χ1v) is 10.6. The zero-order valence-electron chi connectivity index (χ0n) is 15.6. The van der Waals surface area contributed by atoms with Gasteiger partial charge in [-0.25, -0.2) is 4.98 Å². The van der Waals surface area contributed by atoms with Crippen molar-refractivity contribution in [2.75, 3.05) is 0 Å². The van der Waals surface area contributed by atoms with Crippen molar-refractivity contribution < 1.29 is 12.4 Å². The fourth-order valence-electron chi connectivity index (χ4n) is 4.75. The summed E-state index contributed by atoms with van der Waals surface area (Å²) in [7, 11) is 0. The summed E-state index contributed by atoms with van der Waals surface area (Å²) in [4.78, 5) is 8.09. The number of benzene rings is 1. The van der Waals surface area contributed by atoms with Gasteiger partial charge < -0.3 is 12.4 Å². The predicted molar refractivity (Wildman–Crippen MR) is 108 cm³/mol. The monoisotopic (exact) mass is 382 g/mol. The third kappa shape index (κ3) is 2.88. The Hall–Kier alpha value is -1.38. The first-order chi connectivity index (χ1) is 12.2. The van der Waals surface area contributed by atoms with Gasteiger partial charge in [0.1, 0.15) is 4.83 Å². The molecule has 5 rings (SSSR count). The number of nitrogens with zero attached hydrogens (tertiary/aromatic N) is 1. The van der Waals surface area contributed by atoms with E-state index in [0.29, 0.717) is 0 Å². The fraction of sp³-hybridized carbons (Fsp3) is 0.435. The number of fused-ring (bicyclic) bond motifs is 4. The number of aromatic nitrogens is 1. The van der Waals surface area contributed by atoms with Crippen LogP contribution in [0.3, 0.4) is 0 Å². The fourth-order valence-corrected chi connectivity index (χ4v) is 6.04. The Morgan fingerprint density at radius 1 is 1.08 bits per heavy atom. The van der Waals surface area contributed by atoms with Gasteiger partial charge in [0, 0.05) is 16.0 Å². The lowest BCUT2D eigenvalue weighted by molar-refractivity contribution is -0.00000511. The van der Waals surface area contributed by atoms with E-state index in [1.807, 2.05) is 11.3 Å². The molecule has 3 heteroatoms. The van der Waals surface area contributed by atoms with Gasteiger partial charge in [0.2, 0.25) is 0 Å². The van der Waals surface area contributed by atoms with Crippen molar-refractivity contribution in [1.82, 2.24) is 4.98 Å². The first-order valence-electron chi connectivity index (χ1n) is 9.73. The van der Waals surface area contributed by atoms with E-state index < -0.39 is 0 Å². The van der Waals surface area contributed by atoms with Crippen LogP contribution >= 0.6 is 11.3 Å². The van der Waals surface area contributed by atoms with Gasteiger partial charge in [-0.2, -0.15) is 0 Å². The first kappa shape index (κ1) is 18.0. The lowest BCUT2D eigenvalue weighted by Gasteiger charge is -2.25. The number of halogens is 1. The van der Waals surface area contributed by atoms with Gasteiger partial charge in [0.25, 0.3) is 0 Å². The van der Waals surface area contributed by atoms with Gasteiger partial charge in [0.05, 0.1) is 0 Å². The quantitative estimate of drug-likeness (QED) is 0.629. The standard InChI is InChI=1S/C23H25NS.ClH/c1-14-6-5-7-16(12-14)21-18-13-15(2)10-11-19(18)24-23-22(21)17-8-3-4-9-20(17)25-23;/h5-7,12,15H,3-4,8-11,13H2,1-2H3;1H/p-1. The molecule has 0 N–H and O–H groups in total. The van der Waals surface area contributed by atoms with E-state index in [2.05, 4.69) is 38.1 Å². The minimum atomic E-state index is 0. The third-order valence-electron chi connectivity index (χ3n) is 6.02. The Labute approximate surface area is 166 Å². The molecule has 0 saturated carbocycles. The van der Waals surface area contributed by atoms with Crippen LogP contribution in [-0.2, 0) is 25.7 Å². The van der Waals surface area contributed by atoms with Gasteiger partial charge in [0.15, 0.2) is 0 Å². The number of hydrogen-bond acceptors (Lipinski definition) is 2. The molecule has 1 unspecified atom stereocenters. The molecule has 3 aromatic rings. The van der Waals surface area contributed by atoms with Crippen LogP contribution in [0.1, 0.15) is 53.4 Å². The number of thiophene rings is 1. The Morgan fingerprint density at radius 3 is 2.77 bits per heavy atom. The van der Waals surface area contributed by atoms with E-state index in [-0.39, 0.29) is 12.4 Å². The second kappa shape index (κ2) is 6.98. The summed E-state index contributed by atoms with van der Waals surface area (Å²) in [6, 6.07) is 9.11. The van der Waals surface area contributed by atoms with Crippen molar-refractivity contribution in [1.29, 1.82) is 0 Å². The molecular weight excluding hydrogens is 358 g/mol. The maximum atomic E-state index is 5.18. The minimum Gasteiger partial charge on any atom is -1.00 e. The van der Waals surface area contributed by atoms with Gasteiger partial charge in [-0.05, 0) is 80.0 Å². The van der Waals surface area contributed by atoms with Crippen LogP contribution in [-0.4, -0.2) is 4.98 Å². The molecule has 0 fully saturated rings. The summed E-state index contributed by atoms with van der Waals surface area (Å²) in [5, 5.41) is 1.50. The zero-order valence-corrected chi connectivity index (χ0v) is 17.1. The van der Waals surface area contributed by atoms with E-state index in [0.717, 1.165) is 12.3 Å². The SMILES string of the molecule is Cc1cccc(-c2c3c(nc4sc5c(c24)CCCC5)CCC(C)C3)c1.[Cl-]. The molecule has 0 amide bonds. The van der Waals surface area contributed by atoms with Crippen LogP contribution in [0.15, 0.2) is 24.3 Å². The zero-order chi connectivity index (χ0) is 17.0. The predicted octanol–water partition coefficient (Wildman–Crippen LogP) is 3.28. The average Bonchev–Trinajstić information content (AvgIpc) is 2.98. The molecule has 1 aromatic carbocycles. The molecule has 0 aliphatic heterocycles. The smallest absolute Gasteiger partial charge is 0.124 e. The van der Waals surface area contributed by atoms with Gasteiger partial charge >= 0.3 is 0 Å². The highest BCUT2D eigenvalue weighted by atomic mass is 35.5. The summed E-state index contributed by atoms with van der Waals surface area (Å²) < 4.78 is 0. The van der Waals surface area contributed by atoms with E-state index >= 15 is 0 Å². The summed E-state index contributed by atoms with van der Waals surface area (Å²) in [6.45, 7) is 4.61. The molecule has 26 heavy (non-hydrogen) atoms. The van der Waals surface area contributed by atoms with Crippen molar-refractivity contribution in [2.45, 2.75) is 58.8 Å². The van der Waals surface area contributed by atoms with Crippen LogP contribution in [0.2, 0.25) is 0 Å². The second-order valence-corrected chi connectivity index (χ2v) is 9.10. The number of rotatable bonds is 1. The molecule has 1 nitrogen and oxygen atoms in total. The maximum Gasteiger partial charge on any atom is 0.124 e. The summed E-state index contributed by atoms with van der Waals surface area (Å²) in [5.41, 5.74) is 8.82. The van der Waals surface area contributed by atoms with Crippen LogP contribution < -0.4 is 12.4 Å². The Kier molecular flexibility index (Phi) is 4.83. The molecule has 2 aromatic heterocycles. The molecule has 2 aliphatic carbocycles. The van der Waals surface area contributed by atoms with Gasteiger partial charge in [-0.1, -0.05) is 36.8 Å². The minimum absolute atomic E-state index is 0. The van der Waals surface area contributed by atoms with Crippen molar-refractivity contribution in [3.05, 3.63) is 51.5 Å². The summed E-state index contributed by atoms with van der Waals surface area (Å²) >= 11 is 1.98. The normalized spacial score (nSPS) is 18.9. The molecule has 136 valence electrons. The number of pyridine rings is 1. The molecule has 2 heterocycles. The summed E-state index contributed by atoms with van der Waals surface area (Å²) in [6.07, 6.45) is 8.79. The van der Waals surface area contributed by atoms with Crippen molar-refractivity contribution in [2.24, 2.45) is 5.92 Å². The number of hydrogen-bond donors (Lipinski definition) is 0.